The largest absolute Gasteiger partial charge is 0.435 e. The Morgan fingerprint density at radius 1 is 1.03 bits per heavy atom. The van der Waals surface area contributed by atoms with Crippen molar-refractivity contribution < 1.29 is 22.8 Å². The van der Waals surface area contributed by atoms with E-state index in [1.54, 1.807) is 31.2 Å². The van der Waals surface area contributed by atoms with Crippen LogP contribution in [0.15, 0.2) is 42.5 Å². The first kappa shape index (κ1) is 24.4. The molecule has 2 aromatic carbocycles. The minimum atomic E-state index is -4.94. The van der Waals surface area contributed by atoms with Crippen LogP contribution in [0, 0.1) is 25.2 Å². The Labute approximate surface area is 203 Å². The molecule has 0 unspecified atom stereocenters. The highest BCUT2D eigenvalue weighted by Gasteiger charge is 2.41. The second kappa shape index (κ2) is 8.81. The van der Waals surface area contributed by atoms with E-state index in [2.05, 4.69) is 10.1 Å². The molecule has 182 valence electrons. The van der Waals surface area contributed by atoms with E-state index in [1.165, 1.54) is 25.1 Å². The lowest BCUT2D eigenvalue weighted by atomic mass is 9.91. The predicted molar refractivity (Wildman–Crippen MR) is 125 cm³/mol. The van der Waals surface area contributed by atoms with Gasteiger partial charge in [0.05, 0.1) is 29.3 Å². The van der Waals surface area contributed by atoms with Crippen LogP contribution in [0.1, 0.15) is 48.9 Å². The van der Waals surface area contributed by atoms with Gasteiger partial charge in [0.2, 0.25) is 5.91 Å². The van der Waals surface area contributed by atoms with Gasteiger partial charge < -0.3 is 11.5 Å². The number of pyridine rings is 1. The third kappa shape index (κ3) is 4.24. The van der Waals surface area contributed by atoms with E-state index in [0.717, 1.165) is 4.68 Å². The number of carbonyl (C=O) groups excluding carboxylic acids is 2. The second-order valence-electron chi connectivity index (χ2n) is 8.23. The molecule has 0 saturated carbocycles. The standard InChI is InChI=1S/C25H19F3N6O2/c1-12-3-8-17-16(9-12)19(23(30)35)20(21(32-17)24(31)36)18-13(2)34(33-22(18)25(26,27)28)11-15-6-4-14(10-29)5-7-15/h3-9H,11H2,1-2H3,(H2,30,35)(H2,31,36). The van der Waals surface area contributed by atoms with E-state index in [1.807, 2.05) is 6.07 Å². The van der Waals surface area contributed by atoms with Crippen LogP contribution in [0.3, 0.4) is 0 Å². The molecular weight excluding hydrogens is 473 g/mol. The zero-order valence-electron chi connectivity index (χ0n) is 19.1. The van der Waals surface area contributed by atoms with Gasteiger partial charge >= 0.3 is 6.18 Å². The van der Waals surface area contributed by atoms with Crippen molar-refractivity contribution in [2.45, 2.75) is 26.6 Å². The van der Waals surface area contributed by atoms with Crippen LogP contribution in [-0.4, -0.2) is 26.6 Å². The molecule has 0 saturated heterocycles. The summed E-state index contributed by atoms with van der Waals surface area (Å²) < 4.78 is 43.8. The van der Waals surface area contributed by atoms with Crippen molar-refractivity contribution in [1.82, 2.24) is 14.8 Å². The number of primary amides is 2. The Morgan fingerprint density at radius 2 is 1.69 bits per heavy atom. The zero-order chi connectivity index (χ0) is 26.4. The molecule has 0 aliphatic carbocycles. The lowest BCUT2D eigenvalue weighted by Crippen LogP contribution is -2.21. The van der Waals surface area contributed by atoms with Crippen molar-refractivity contribution in [3.63, 3.8) is 0 Å². The molecule has 36 heavy (non-hydrogen) atoms. The number of fused-ring (bicyclic) bond motifs is 1. The summed E-state index contributed by atoms with van der Waals surface area (Å²) in [5.41, 5.74) is 9.99. The lowest BCUT2D eigenvalue weighted by molar-refractivity contribution is -0.141. The fourth-order valence-corrected chi connectivity index (χ4v) is 4.11. The van der Waals surface area contributed by atoms with Gasteiger partial charge in [-0.15, -0.1) is 0 Å². The van der Waals surface area contributed by atoms with Crippen molar-refractivity contribution in [3.05, 3.63) is 81.8 Å². The Balaban J connectivity index is 2.07. The quantitative estimate of drug-likeness (QED) is 0.435. The van der Waals surface area contributed by atoms with E-state index >= 15 is 0 Å². The molecule has 2 aromatic heterocycles. The molecule has 2 amide bonds. The predicted octanol–water partition coefficient (Wildman–Crippen LogP) is 3.85. The molecule has 0 bridgehead atoms. The van der Waals surface area contributed by atoms with Gasteiger partial charge in [0.15, 0.2) is 5.69 Å². The molecule has 4 aromatic rings. The van der Waals surface area contributed by atoms with Gasteiger partial charge in [-0.1, -0.05) is 23.8 Å². The van der Waals surface area contributed by atoms with Crippen LogP contribution in [0.4, 0.5) is 13.2 Å². The molecular formula is C25H19F3N6O2. The van der Waals surface area contributed by atoms with Crippen LogP contribution in [-0.2, 0) is 12.7 Å². The average Bonchev–Trinajstić information content (AvgIpc) is 3.14. The van der Waals surface area contributed by atoms with E-state index in [9.17, 15) is 22.8 Å². The molecule has 0 aliphatic heterocycles. The van der Waals surface area contributed by atoms with Gasteiger partial charge in [0.25, 0.3) is 5.91 Å². The number of benzene rings is 2. The van der Waals surface area contributed by atoms with Crippen molar-refractivity contribution in [2.75, 3.05) is 0 Å². The Morgan fingerprint density at radius 3 is 2.25 bits per heavy atom. The highest BCUT2D eigenvalue weighted by atomic mass is 19.4. The number of carbonyl (C=O) groups is 2. The lowest BCUT2D eigenvalue weighted by Gasteiger charge is -2.16. The third-order valence-corrected chi connectivity index (χ3v) is 5.76. The molecule has 11 heteroatoms. The number of alkyl halides is 3. The first-order valence-electron chi connectivity index (χ1n) is 10.6. The normalized spacial score (nSPS) is 11.4. The number of hydrogen-bond acceptors (Lipinski definition) is 5. The Bertz CT molecular complexity index is 1580. The second-order valence-corrected chi connectivity index (χ2v) is 8.23. The van der Waals surface area contributed by atoms with E-state index < -0.39 is 40.5 Å². The van der Waals surface area contributed by atoms with Gasteiger partial charge in [0, 0.05) is 22.2 Å². The van der Waals surface area contributed by atoms with Crippen LogP contribution >= 0.6 is 0 Å². The summed E-state index contributed by atoms with van der Waals surface area (Å²) in [4.78, 5) is 29.2. The summed E-state index contributed by atoms with van der Waals surface area (Å²) in [6.07, 6.45) is -4.94. The summed E-state index contributed by atoms with van der Waals surface area (Å²) in [6.45, 7) is 3.05. The molecule has 0 aliphatic rings. The first-order chi connectivity index (χ1) is 16.9. The molecule has 2 heterocycles. The molecule has 0 atom stereocenters. The summed E-state index contributed by atoms with van der Waals surface area (Å²) >= 11 is 0. The number of hydrogen-bond donors (Lipinski definition) is 2. The maximum Gasteiger partial charge on any atom is 0.435 e. The monoisotopic (exact) mass is 492 g/mol. The average molecular weight is 492 g/mol. The fourth-order valence-electron chi connectivity index (χ4n) is 4.11. The first-order valence-corrected chi connectivity index (χ1v) is 10.6. The minimum Gasteiger partial charge on any atom is -0.366 e. The highest BCUT2D eigenvalue weighted by Crippen LogP contribution is 2.42. The Kier molecular flexibility index (Phi) is 5.97. The molecule has 4 rings (SSSR count). The van der Waals surface area contributed by atoms with Crippen LogP contribution in [0.2, 0.25) is 0 Å². The number of nitrogens with zero attached hydrogens (tertiary/aromatic N) is 4. The van der Waals surface area contributed by atoms with Crippen molar-refractivity contribution >= 4 is 22.7 Å². The van der Waals surface area contributed by atoms with Crippen LogP contribution in [0.25, 0.3) is 22.0 Å². The number of nitriles is 1. The molecule has 0 spiro atoms. The molecule has 4 N–H and O–H groups in total. The SMILES string of the molecule is Cc1ccc2nc(C(N)=O)c(-c3c(C(F)(F)F)nn(Cc4ccc(C#N)cc4)c3C)c(C(N)=O)c2c1. The number of aryl methyl sites for hydroxylation is 1. The summed E-state index contributed by atoms with van der Waals surface area (Å²) in [5, 5.41) is 13.0. The van der Waals surface area contributed by atoms with Gasteiger partial charge in [-0.2, -0.15) is 23.5 Å². The highest BCUT2D eigenvalue weighted by molar-refractivity contribution is 6.15. The van der Waals surface area contributed by atoms with Crippen molar-refractivity contribution in [3.8, 4) is 17.2 Å². The number of aromatic nitrogens is 3. The fraction of sp³-hybridized carbons (Fsp3) is 0.160. The molecule has 0 fully saturated rings. The van der Waals surface area contributed by atoms with Crippen LogP contribution < -0.4 is 11.5 Å². The zero-order valence-corrected chi connectivity index (χ0v) is 19.1. The summed E-state index contributed by atoms with van der Waals surface area (Å²) in [6, 6.07) is 13.0. The summed E-state index contributed by atoms with van der Waals surface area (Å²) in [7, 11) is 0. The maximum absolute atomic E-state index is 14.2. The maximum atomic E-state index is 14.2. The minimum absolute atomic E-state index is 0.0190. The van der Waals surface area contributed by atoms with Gasteiger partial charge in [-0.25, -0.2) is 4.98 Å². The van der Waals surface area contributed by atoms with E-state index in [0.29, 0.717) is 16.7 Å². The topological polar surface area (TPSA) is 141 Å². The van der Waals surface area contributed by atoms with Gasteiger partial charge in [-0.3, -0.25) is 14.3 Å². The van der Waals surface area contributed by atoms with E-state index in [-0.39, 0.29) is 28.7 Å². The smallest absolute Gasteiger partial charge is 0.366 e. The molecule has 8 nitrogen and oxygen atoms in total. The summed E-state index contributed by atoms with van der Waals surface area (Å²) in [5.74, 6) is -2.17. The number of amides is 2. The van der Waals surface area contributed by atoms with Gasteiger partial charge in [0.1, 0.15) is 5.69 Å². The number of nitrogens with two attached hydrogens (primary N) is 2. The van der Waals surface area contributed by atoms with Crippen molar-refractivity contribution in [1.29, 1.82) is 5.26 Å². The third-order valence-electron chi connectivity index (χ3n) is 5.76. The van der Waals surface area contributed by atoms with E-state index in [4.69, 9.17) is 16.7 Å². The van der Waals surface area contributed by atoms with Gasteiger partial charge in [-0.05, 0) is 43.7 Å². The number of halogens is 3. The molecule has 0 radical (unpaired) electrons. The van der Waals surface area contributed by atoms with Crippen molar-refractivity contribution in [2.24, 2.45) is 11.5 Å². The Hall–Kier alpha value is -4.72. The van der Waals surface area contributed by atoms with Crippen LogP contribution in [0.5, 0.6) is 0 Å². The number of rotatable bonds is 5.